The first kappa shape index (κ1) is 28.7. The van der Waals surface area contributed by atoms with E-state index in [0.29, 0.717) is 16.4 Å². The Morgan fingerprint density at radius 1 is 1.11 bits per heavy atom. The molecule has 1 saturated heterocycles. The Labute approximate surface area is 229 Å². The van der Waals surface area contributed by atoms with Crippen molar-refractivity contribution < 1.29 is 24.2 Å². The lowest BCUT2D eigenvalue weighted by molar-refractivity contribution is -0.145. The number of carboxylic acid groups (broad SMARTS) is 1. The van der Waals surface area contributed by atoms with Crippen molar-refractivity contribution in [3.05, 3.63) is 64.6 Å². The zero-order chi connectivity index (χ0) is 26.8. The first-order valence-electron chi connectivity index (χ1n) is 12.7. The second kappa shape index (κ2) is 14.2. The second-order valence-corrected chi connectivity index (χ2v) is 10.8. The fourth-order valence-corrected chi connectivity index (χ4v) is 5.57. The van der Waals surface area contributed by atoms with Crippen LogP contribution in [0.15, 0.2) is 53.4 Å². The number of carbonyl (C=O) groups is 2. The fourth-order valence-electron chi connectivity index (χ4n) is 4.21. The van der Waals surface area contributed by atoms with Crippen LogP contribution >= 0.6 is 24.0 Å². The van der Waals surface area contributed by atoms with Gasteiger partial charge in [-0.1, -0.05) is 93.0 Å². The quantitative estimate of drug-likeness (QED) is 0.162. The zero-order valence-electron chi connectivity index (χ0n) is 21.6. The van der Waals surface area contributed by atoms with Gasteiger partial charge >= 0.3 is 5.97 Å². The monoisotopic (exact) mass is 541 g/mol. The molecule has 1 heterocycles. The van der Waals surface area contributed by atoms with Gasteiger partial charge in [0.2, 0.25) is 0 Å². The number of aliphatic carboxylic acids is 1. The van der Waals surface area contributed by atoms with Crippen molar-refractivity contribution in [2.75, 3.05) is 7.11 Å². The summed E-state index contributed by atoms with van der Waals surface area (Å²) in [7, 11) is 1.59. The molecule has 0 bridgehead atoms. The van der Waals surface area contributed by atoms with Gasteiger partial charge in [0.1, 0.15) is 10.4 Å². The lowest BCUT2D eigenvalue weighted by atomic mass is 10.0. The predicted molar refractivity (Wildman–Crippen MR) is 153 cm³/mol. The molecule has 1 aliphatic rings. The van der Waals surface area contributed by atoms with E-state index in [9.17, 15) is 14.7 Å². The van der Waals surface area contributed by atoms with Crippen LogP contribution in [0.4, 0.5) is 0 Å². The van der Waals surface area contributed by atoms with Crippen molar-refractivity contribution in [1.82, 2.24) is 4.90 Å². The standard InChI is InChI=1S/C29H35NO5S2/c1-4-5-6-7-9-12-20(2)35-24-16-15-22(18-25(24)34-3)19-26-27(31)30(29(36)37-26)23(28(32)33)17-21-13-10-8-11-14-21/h8,10-11,13-16,18-20,23H,4-7,9,12,17H2,1-3H3,(H,32,33)/b26-19+/t20-,23-/m1/s1. The molecule has 198 valence electrons. The van der Waals surface area contributed by atoms with Gasteiger partial charge in [-0.2, -0.15) is 0 Å². The van der Waals surface area contributed by atoms with Crippen molar-refractivity contribution in [2.24, 2.45) is 0 Å². The van der Waals surface area contributed by atoms with E-state index < -0.39 is 17.9 Å². The number of carboxylic acids is 1. The Balaban J connectivity index is 1.70. The van der Waals surface area contributed by atoms with Crippen LogP contribution in [0.3, 0.4) is 0 Å². The summed E-state index contributed by atoms with van der Waals surface area (Å²) in [6.07, 6.45) is 9.03. The summed E-state index contributed by atoms with van der Waals surface area (Å²) >= 11 is 6.53. The highest BCUT2D eigenvalue weighted by Crippen LogP contribution is 2.36. The Kier molecular flexibility index (Phi) is 11.0. The Hall–Kier alpha value is -2.84. The molecule has 0 aliphatic carbocycles. The van der Waals surface area contributed by atoms with Crippen LogP contribution in [0.25, 0.3) is 6.08 Å². The second-order valence-electron chi connectivity index (χ2n) is 9.14. The molecule has 1 amide bonds. The molecule has 2 atom stereocenters. The summed E-state index contributed by atoms with van der Waals surface area (Å²) in [6, 6.07) is 13.7. The van der Waals surface area contributed by atoms with Gasteiger partial charge in [-0.05, 0) is 49.1 Å². The van der Waals surface area contributed by atoms with E-state index in [1.54, 1.807) is 13.2 Å². The molecule has 37 heavy (non-hydrogen) atoms. The first-order valence-corrected chi connectivity index (χ1v) is 13.9. The highest BCUT2D eigenvalue weighted by atomic mass is 32.2. The summed E-state index contributed by atoms with van der Waals surface area (Å²) in [5.74, 6) is -0.269. The molecule has 2 aromatic rings. The zero-order valence-corrected chi connectivity index (χ0v) is 23.3. The topological polar surface area (TPSA) is 76.1 Å². The third-order valence-electron chi connectivity index (χ3n) is 6.22. The summed E-state index contributed by atoms with van der Waals surface area (Å²) in [6.45, 7) is 4.27. The van der Waals surface area contributed by atoms with Crippen LogP contribution in [0, 0.1) is 0 Å². The maximum atomic E-state index is 13.2. The third-order valence-corrected chi connectivity index (χ3v) is 7.55. The molecular formula is C29H35NO5S2. The van der Waals surface area contributed by atoms with E-state index in [1.165, 1.54) is 30.6 Å². The lowest BCUT2D eigenvalue weighted by Gasteiger charge is -2.23. The van der Waals surface area contributed by atoms with Gasteiger partial charge in [-0.25, -0.2) is 4.79 Å². The molecule has 1 fully saturated rings. The minimum atomic E-state index is -1.09. The molecule has 1 aliphatic heterocycles. The molecule has 1 N–H and O–H groups in total. The molecule has 0 unspecified atom stereocenters. The van der Waals surface area contributed by atoms with Crippen LogP contribution in [0.5, 0.6) is 11.5 Å². The maximum absolute atomic E-state index is 13.2. The van der Waals surface area contributed by atoms with Gasteiger partial charge in [-0.15, -0.1) is 0 Å². The average molecular weight is 542 g/mol. The highest BCUT2D eigenvalue weighted by Gasteiger charge is 2.40. The molecule has 0 spiro atoms. The van der Waals surface area contributed by atoms with Crippen molar-refractivity contribution in [1.29, 1.82) is 0 Å². The summed E-state index contributed by atoms with van der Waals surface area (Å²) in [5.41, 5.74) is 1.57. The number of hydrogen-bond donors (Lipinski definition) is 1. The smallest absolute Gasteiger partial charge is 0.327 e. The number of rotatable bonds is 14. The SMILES string of the molecule is CCCCCCC[C@@H](C)Oc1ccc(/C=C2/SC(=S)N([C@H](Cc3ccccc3)C(=O)O)C2=O)cc1OC. The summed E-state index contributed by atoms with van der Waals surface area (Å²) < 4.78 is 11.9. The molecule has 0 radical (unpaired) electrons. The summed E-state index contributed by atoms with van der Waals surface area (Å²) in [5, 5.41) is 9.86. The molecule has 3 rings (SSSR count). The third kappa shape index (κ3) is 8.07. The molecule has 0 aromatic heterocycles. The van der Waals surface area contributed by atoms with Crippen LogP contribution in [0.2, 0.25) is 0 Å². The average Bonchev–Trinajstić information content (AvgIpc) is 3.15. The number of methoxy groups -OCH3 is 1. The van der Waals surface area contributed by atoms with Crippen molar-refractivity contribution >= 4 is 46.3 Å². The molecule has 6 nitrogen and oxygen atoms in total. The van der Waals surface area contributed by atoms with Gasteiger partial charge in [0.05, 0.1) is 18.1 Å². The van der Waals surface area contributed by atoms with Crippen molar-refractivity contribution in [2.45, 2.75) is 70.9 Å². The maximum Gasteiger partial charge on any atom is 0.327 e. The van der Waals surface area contributed by atoms with Crippen molar-refractivity contribution in [3.63, 3.8) is 0 Å². The fraction of sp³-hybridized carbons (Fsp3) is 0.414. The largest absolute Gasteiger partial charge is 0.493 e. The van der Waals surface area contributed by atoms with E-state index in [0.717, 1.165) is 35.7 Å². The van der Waals surface area contributed by atoms with Crippen LogP contribution in [0.1, 0.15) is 63.5 Å². The van der Waals surface area contributed by atoms with Gasteiger partial charge in [0, 0.05) is 6.42 Å². The Morgan fingerprint density at radius 3 is 2.51 bits per heavy atom. The number of thioether (sulfide) groups is 1. The molecular weight excluding hydrogens is 506 g/mol. The predicted octanol–water partition coefficient (Wildman–Crippen LogP) is 6.72. The van der Waals surface area contributed by atoms with Gasteiger partial charge in [-0.3, -0.25) is 9.69 Å². The number of ether oxygens (including phenoxy) is 2. The highest BCUT2D eigenvalue weighted by molar-refractivity contribution is 8.26. The lowest BCUT2D eigenvalue weighted by Crippen LogP contribution is -2.45. The van der Waals surface area contributed by atoms with E-state index >= 15 is 0 Å². The van der Waals surface area contributed by atoms with Crippen LogP contribution in [-0.4, -0.2) is 45.5 Å². The van der Waals surface area contributed by atoms with Crippen LogP contribution in [-0.2, 0) is 16.0 Å². The van der Waals surface area contributed by atoms with Gasteiger partial charge in [0.25, 0.3) is 5.91 Å². The van der Waals surface area contributed by atoms with Crippen LogP contribution < -0.4 is 9.47 Å². The summed E-state index contributed by atoms with van der Waals surface area (Å²) in [4.78, 5) is 26.9. The number of amides is 1. The minimum Gasteiger partial charge on any atom is -0.493 e. The van der Waals surface area contributed by atoms with E-state index in [-0.39, 0.29) is 16.8 Å². The Bertz CT molecular complexity index is 1120. The van der Waals surface area contributed by atoms with E-state index in [1.807, 2.05) is 48.5 Å². The number of unbranched alkanes of at least 4 members (excludes halogenated alkanes) is 4. The van der Waals surface area contributed by atoms with Crippen molar-refractivity contribution in [3.8, 4) is 11.5 Å². The minimum absolute atomic E-state index is 0.0650. The number of carbonyl (C=O) groups excluding carboxylic acids is 1. The Morgan fingerprint density at radius 2 is 1.84 bits per heavy atom. The van der Waals surface area contributed by atoms with Gasteiger partial charge in [0.15, 0.2) is 11.5 Å². The number of benzene rings is 2. The number of nitrogens with zero attached hydrogens (tertiary/aromatic N) is 1. The molecule has 2 aromatic carbocycles. The normalized spacial score (nSPS) is 16.2. The number of hydrogen-bond acceptors (Lipinski definition) is 6. The first-order chi connectivity index (χ1) is 17.8. The van der Waals surface area contributed by atoms with E-state index in [2.05, 4.69) is 13.8 Å². The molecule has 0 saturated carbocycles. The van der Waals surface area contributed by atoms with Gasteiger partial charge < -0.3 is 14.6 Å². The molecule has 8 heteroatoms. The number of thiocarbonyl (C=S) groups is 1. The van der Waals surface area contributed by atoms with E-state index in [4.69, 9.17) is 21.7 Å².